The molecule has 1 heterocycles. The van der Waals surface area contributed by atoms with Crippen molar-refractivity contribution in [3.05, 3.63) is 34.6 Å². The van der Waals surface area contributed by atoms with E-state index in [2.05, 4.69) is 32.3 Å². The molecule has 1 aromatic carbocycles. The Morgan fingerprint density at radius 2 is 1.95 bits per heavy atom. The minimum absolute atomic E-state index is 0.0398. The summed E-state index contributed by atoms with van der Waals surface area (Å²) in [4.78, 5) is 4.86. The number of halogens is 1. The van der Waals surface area contributed by atoms with Crippen molar-refractivity contribution >= 4 is 17.4 Å². The van der Waals surface area contributed by atoms with Gasteiger partial charge in [-0.2, -0.15) is 0 Å². The fourth-order valence-corrected chi connectivity index (χ4v) is 2.81. The number of aryl methyl sites for hydroxylation is 1. The zero-order chi connectivity index (χ0) is 15.8. The van der Waals surface area contributed by atoms with Crippen LogP contribution in [-0.2, 0) is 12.0 Å². The number of benzene rings is 1. The first kappa shape index (κ1) is 15.9. The van der Waals surface area contributed by atoms with Crippen LogP contribution < -0.4 is 5.73 Å². The van der Waals surface area contributed by atoms with E-state index >= 15 is 0 Å². The summed E-state index contributed by atoms with van der Waals surface area (Å²) in [5.74, 6) is 1.78. The molecule has 2 N–H and O–H groups in total. The Bertz CT molecular complexity index is 651. The highest BCUT2D eigenvalue weighted by atomic mass is 35.5. The summed E-state index contributed by atoms with van der Waals surface area (Å²) in [6.07, 6.45) is 1.03. The Morgan fingerprint density at radius 1 is 1.29 bits per heavy atom. The quantitative estimate of drug-likeness (QED) is 0.885. The largest absolute Gasteiger partial charge is 0.383 e. The number of nitrogen functional groups attached to an aromatic ring is 1. The molecule has 2 aromatic rings. The highest BCUT2D eigenvalue weighted by Gasteiger charge is 2.25. The van der Waals surface area contributed by atoms with Gasteiger partial charge in [0.2, 0.25) is 0 Å². The van der Waals surface area contributed by atoms with Gasteiger partial charge in [0.1, 0.15) is 17.3 Å². The molecule has 0 unspecified atom stereocenters. The molecule has 0 aliphatic carbocycles. The predicted molar refractivity (Wildman–Crippen MR) is 90.8 cm³/mol. The van der Waals surface area contributed by atoms with Gasteiger partial charge in [0.15, 0.2) is 0 Å². The van der Waals surface area contributed by atoms with E-state index in [-0.39, 0.29) is 5.41 Å². The highest BCUT2D eigenvalue weighted by molar-refractivity contribution is 6.30. The van der Waals surface area contributed by atoms with E-state index in [0.29, 0.717) is 0 Å². The van der Waals surface area contributed by atoms with Crippen LogP contribution in [0.25, 0.3) is 11.3 Å². The normalized spacial score (nSPS) is 11.9. The van der Waals surface area contributed by atoms with Crippen molar-refractivity contribution in [1.29, 1.82) is 0 Å². The second-order valence-corrected chi connectivity index (χ2v) is 6.97. The molecule has 0 saturated carbocycles. The third kappa shape index (κ3) is 3.08. The van der Waals surface area contributed by atoms with Gasteiger partial charge in [-0.3, -0.25) is 0 Å². The monoisotopic (exact) mass is 305 g/mol. The number of aromatic nitrogens is 2. The minimum Gasteiger partial charge on any atom is -0.383 e. The zero-order valence-corrected chi connectivity index (χ0v) is 14.3. The van der Waals surface area contributed by atoms with Crippen LogP contribution in [0.1, 0.15) is 45.5 Å². The highest BCUT2D eigenvalue weighted by Crippen LogP contribution is 2.34. The van der Waals surface area contributed by atoms with Gasteiger partial charge in [-0.15, -0.1) is 0 Å². The first-order valence-electron chi connectivity index (χ1n) is 7.38. The molecular formula is C17H24ClN3. The molecule has 3 nitrogen and oxygen atoms in total. The lowest BCUT2D eigenvalue weighted by Gasteiger charge is -2.19. The van der Waals surface area contributed by atoms with Gasteiger partial charge >= 0.3 is 0 Å². The summed E-state index contributed by atoms with van der Waals surface area (Å²) in [5, 5.41) is 0.735. The standard InChI is InChI=1S/C17H24ClN3/c1-6-9-21-15(19)14(20-16(21)17(3,4)5)13-8-7-12(18)10-11(13)2/h7-8,10H,6,9,19H2,1-5H3. The molecule has 0 aliphatic rings. The molecule has 0 spiro atoms. The van der Waals surface area contributed by atoms with Crippen molar-refractivity contribution in [3.63, 3.8) is 0 Å². The van der Waals surface area contributed by atoms with Crippen molar-refractivity contribution in [2.45, 2.75) is 53.0 Å². The molecule has 0 bridgehead atoms. The second kappa shape index (κ2) is 5.72. The van der Waals surface area contributed by atoms with E-state index in [4.69, 9.17) is 22.3 Å². The first-order chi connectivity index (χ1) is 9.75. The van der Waals surface area contributed by atoms with Crippen molar-refractivity contribution in [1.82, 2.24) is 9.55 Å². The molecule has 0 fully saturated rings. The smallest absolute Gasteiger partial charge is 0.131 e. The van der Waals surface area contributed by atoms with Gasteiger partial charge in [0.05, 0.1) is 0 Å². The minimum atomic E-state index is -0.0398. The van der Waals surface area contributed by atoms with Crippen LogP contribution in [0.3, 0.4) is 0 Å². The van der Waals surface area contributed by atoms with Crippen LogP contribution in [0.15, 0.2) is 18.2 Å². The summed E-state index contributed by atoms with van der Waals surface area (Å²) >= 11 is 6.05. The summed E-state index contributed by atoms with van der Waals surface area (Å²) < 4.78 is 2.14. The molecule has 0 amide bonds. The van der Waals surface area contributed by atoms with Crippen molar-refractivity contribution in [2.75, 3.05) is 5.73 Å². The molecule has 0 saturated heterocycles. The summed E-state index contributed by atoms with van der Waals surface area (Å²) in [6, 6.07) is 5.84. The summed E-state index contributed by atoms with van der Waals surface area (Å²) in [6.45, 7) is 11.6. The lowest BCUT2D eigenvalue weighted by molar-refractivity contribution is 0.498. The maximum atomic E-state index is 6.39. The topological polar surface area (TPSA) is 43.8 Å². The number of rotatable bonds is 3. The number of nitrogens with zero attached hydrogens (tertiary/aromatic N) is 2. The molecule has 114 valence electrons. The molecular weight excluding hydrogens is 282 g/mol. The van der Waals surface area contributed by atoms with Crippen LogP contribution in [0.4, 0.5) is 5.82 Å². The van der Waals surface area contributed by atoms with Crippen LogP contribution in [0, 0.1) is 6.92 Å². The second-order valence-electron chi connectivity index (χ2n) is 6.53. The van der Waals surface area contributed by atoms with Gasteiger partial charge in [-0.1, -0.05) is 45.4 Å². The van der Waals surface area contributed by atoms with E-state index in [0.717, 1.165) is 46.5 Å². The number of hydrogen-bond acceptors (Lipinski definition) is 2. The number of hydrogen-bond donors (Lipinski definition) is 1. The fraction of sp³-hybridized carbons (Fsp3) is 0.471. The van der Waals surface area contributed by atoms with Gasteiger partial charge in [0.25, 0.3) is 0 Å². The van der Waals surface area contributed by atoms with Crippen molar-refractivity contribution in [2.24, 2.45) is 0 Å². The summed E-state index contributed by atoms with van der Waals surface area (Å²) in [5.41, 5.74) is 9.36. The van der Waals surface area contributed by atoms with Crippen LogP contribution in [0.5, 0.6) is 0 Å². The SMILES string of the molecule is CCCn1c(C(C)(C)C)nc(-c2ccc(Cl)cc2C)c1N. The van der Waals surface area contributed by atoms with Crippen LogP contribution >= 0.6 is 11.6 Å². The van der Waals surface area contributed by atoms with Crippen LogP contribution in [-0.4, -0.2) is 9.55 Å². The Kier molecular flexibility index (Phi) is 4.33. The maximum absolute atomic E-state index is 6.39. The lowest BCUT2D eigenvalue weighted by Crippen LogP contribution is -2.19. The average molecular weight is 306 g/mol. The molecule has 0 radical (unpaired) electrons. The van der Waals surface area contributed by atoms with E-state index in [1.54, 1.807) is 0 Å². The number of imidazole rings is 1. The molecule has 0 atom stereocenters. The molecule has 21 heavy (non-hydrogen) atoms. The zero-order valence-electron chi connectivity index (χ0n) is 13.5. The van der Waals surface area contributed by atoms with Crippen LogP contribution in [0.2, 0.25) is 5.02 Å². The van der Waals surface area contributed by atoms with Crippen molar-refractivity contribution in [3.8, 4) is 11.3 Å². The van der Waals surface area contributed by atoms with Crippen molar-refractivity contribution < 1.29 is 0 Å². The predicted octanol–water partition coefficient (Wildman–Crippen LogP) is 4.80. The molecule has 1 aromatic heterocycles. The third-order valence-corrected chi connectivity index (χ3v) is 3.80. The number of anilines is 1. The van der Waals surface area contributed by atoms with E-state index in [1.807, 2.05) is 25.1 Å². The summed E-state index contributed by atoms with van der Waals surface area (Å²) in [7, 11) is 0. The van der Waals surface area contributed by atoms with E-state index < -0.39 is 0 Å². The van der Waals surface area contributed by atoms with E-state index in [9.17, 15) is 0 Å². The maximum Gasteiger partial charge on any atom is 0.131 e. The Morgan fingerprint density at radius 3 is 2.48 bits per heavy atom. The first-order valence-corrected chi connectivity index (χ1v) is 7.76. The molecule has 4 heteroatoms. The van der Waals surface area contributed by atoms with Gasteiger partial charge in [-0.05, 0) is 31.0 Å². The Labute approximate surface area is 132 Å². The van der Waals surface area contributed by atoms with Gasteiger partial charge in [-0.25, -0.2) is 4.98 Å². The van der Waals surface area contributed by atoms with E-state index in [1.165, 1.54) is 0 Å². The average Bonchev–Trinajstić information content (AvgIpc) is 2.68. The van der Waals surface area contributed by atoms with Gasteiger partial charge in [0, 0.05) is 22.5 Å². The third-order valence-electron chi connectivity index (χ3n) is 3.57. The lowest BCUT2D eigenvalue weighted by atomic mass is 9.95. The fourth-order valence-electron chi connectivity index (χ4n) is 2.58. The Balaban J connectivity index is 2.65. The molecule has 2 rings (SSSR count). The van der Waals surface area contributed by atoms with Gasteiger partial charge < -0.3 is 10.3 Å². The number of nitrogens with two attached hydrogens (primary N) is 1. The Hall–Kier alpha value is -1.48. The molecule has 0 aliphatic heterocycles.